The monoisotopic (exact) mass is 474 g/mol. The predicted molar refractivity (Wildman–Crippen MR) is 121 cm³/mol. The van der Waals surface area contributed by atoms with Gasteiger partial charge in [-0.25, -0.2) is 4.98 Å². The molecule has 0 atom stereocenters. The number of nitrogens with one attached hydrogen (secondary N) is 2. The van der Waals surface area contributed by atoms with Crippen LogP contribution in [0, 0.1) is 11.3 Å². The summed E-state index contributed by atoms with van der Waals surface area (Å²) in [6, 6.07) is 9.29. The van der Waals surface area contributed by atoms with Gasteiger partial charge < -0.3 is 15.0 Å². The number of carbonyl (C=O) groups is 1. The summed E-state index contributed by atoms with van der Waals surface area (Å²) in [6.07, 6.45) is 0.827. The maximum absolute atomic E-state index is 12.4. The lowest BCUT2D eigenvalue weighted by Crippen LogP contribution is -2.25. The third-order valence-corrected chi connectivity index (χ3v) is 6.88. The molecule has 1 amide bonds. The van der Waals surface area contributed by atoms with E-state index in [2.05, 4.69) is 38.5 Å². The Kier molecular flexibility index (Phi) is 6.77. The minimum Gasteiger partial charge on any atom is -0.486 e. The first-order chi connectivity index (χ1) is 15.0. The van der Waals surface area contributed by atoms with Crippen LogP contribution in [0.1, 0.15) is 21.8 Å². The summed E-state index contributed by atoms with van der Waals surface area (Å²) in [5.41, 5.74) is 1.65. The van der Waals surface area contributed by atoms with Crippen molar-refractivity contribution >= 4 is 45.6 Å². The molecule has 0 aliphatic carbocycles. The molecule has 0 saturated carbocycles. The molecule has 0 unspecified atom stereocenters. The fourth-order valence-corrected chi connectivity index (χ4v) is 5.16. The van der Waals surface area contributed by atoms with Crippen molar-refractivity contribution in [1.29, 1.82) is 5.26 Å². The average molecular weight is 475 g/mol. The van der Waals surface area contributed by atoms with Crippen LogP contribution in [-0.4, -0.2) is 45.3 Å². The molecule has 31 heavy (non-hydrogen) atoms. The molecule has 1 aromatic carbocycles. The standard InChI is InChI=1S/C20H19ClN6O2S2/c1-27-7-6-14-15(8-22)19(31-16(14)9-27)24-18(28)11-30-20-23-17(25-26-20)10-29-13-4-2-12(21)3-5-13/h2-5H,6-7,9-11H2,1H3,(H,24,28)(H,23,25,26). The number of ether oxygens (including phenoxy) is 1. The average Bonchev–Trinajstić information content (AvgIpc) is 3.35. The Bertz CT molecular complexity index is 1120. The first-order valence-corrected chi connectivity index (χ1v) is 11.7. The summed E-state index contributed by atoms with van der Waals surface area (Å²) in [5, 5.41) is 21.1. The first kappa shape index (κ1) is 21.6. The van der Waals surface area contributed by atoms with Gasteiger partial charge in [-0.15, -0.1) is 16.4 Å². The molecule has 8 nitrogen and oxygen atoms in total. The number of nitrogens with zero attached hydrogens (tertiary/aromatic N) is 4. The van der Waals surface area contributed by atoms with E-state index in [0.717, 1.165) is 30.0 Å². The van der Waals surface area contributed by atoms with E-state index in [9.17, 15) is 10.1 Å². The lowest BCUT2D eigenvalue weighted by molar-refractivity contribution is -0.113. The van der Waals surface area contributed by atoms with E-state index in [4.69, 9.17) is 16.3 Å². The topological polar surface area (TPSA) is 107 Å². The van der Waals surface area contributed by atoms with Gasteiger partial charge in [-0.2, -0.15) is 5.26 Å². The Morgan fingerprint density at radius 3 is 3.03 bits per heavy atom. The lowest BCUT2D eigenvalue weighted by atomic mass is 10.0. The lowest BCUT2D eigenvalue weighted by Gasteiger charge is -2.21. The summed E-state index contributed by atoms with van der Waals surface area (Å²) in [7, 11) is 2.05. The van der Waals surface area contributed by atoms with E-state index in [1.54, 1.807) is 24.3 Å². The summed E-state index contributed by atoms with van der Waals surface area (Å²) < 4.78 is 5.62. The molecule has 0 bridgehead atoms. The molecule has 0 radical (unpaired) electrons. The number of benzene rings is 1. The quantitative estimate of drug-likeness (QED) is 0.503. The van der Waals surface area contributed by atoms with Gasteiger partial charge in [-0.3, -0.25) is 9.89 Å². The highest BCUT2D eigenvalue weighted by Crippen LogP contribution is 2.36. The van der Waals surface area contributed by atoms with E-state index < -0.39 is 0 Å². The molecule has 11 heteroatoms. The highest BCUT2D eigenvalue weighted by molar-refractivity contribution is 7.99. The van der Waals surface area contributed by atoms with E-state index in [1.807, 2.05) is 0 Å². The second-order valence-electron chi connectivity index (χ2n) is 6.95. The minimum absolute atomic E-state index is 0.142. The maximum atomic E-state index is 12.4. The van der Waals surface area contributed by atoms with Gasteiger partial charge in [-0.05, 0) is 43.3 Å². The highest BCUT2D eigenvalue weighted by Gasteiger charge is 2.23. The molecule has 2 N–H and O–H groups in total. The number of aromatic amines is 1. The Labute approximate surface area is 192 Å². The van der Waals surface area contributed by atoms with Crippen LogP contribution in [0.25, 0.3) is 0 Å². The molecule has 0 spiro atoms. The zero-order valence-corrected chi connectivity index (χ0v) is 19.0. The Hall–Kier alpha value is -2.58. The van der Waals surface area contributed by atoms with Crippen molar-refractivity contribution in [2.75, 3.05) is 24.7 Å². The van der Waals surface area contributed by atoms with Crippen LogP contribution < -0.4 is 10.1 Å². The Morgan fingerprint density at radius 2 is 2.26 bits per heavy atom. The van der Waals surface area contributed by atoms with Crippen molar-refractivity contribution in [3.05, 3.63) is 51.1 Å². The van der Waals surface area contributed by atoms with Gasteiger partial charge in [0.1, 0.15) is 23.4 Å². The predicted octanol–water partition coefficient (Wildman–Crippen LogP) is 3.69. The fourth-order valence-electron chi connectivity index (χ4n) is 3.12. The summed E-state index contributed by atoms with van der Waals surface area (Å²) in [6.45, 7) is 1.94. The van der Waals surface area contributed by atoms with Crippen molar-refractivity contribution in [3.8, 4) is 11.8 Å². The number of aromatic nitrogens is 3. The number of likely N-dealkylation sites (N-methyl/N-ethyl adjacent to an activating group) is 1. The van der Waals surface area contributed by atoms with Crippen LogP contribution in [0.15, 0.2) is 29.4 Å². The van der Waals surface area contributed by atoms with Crippen molar-refractivity contribution in [2.45, 2.75) is 24.7 Å². The first-order valence-electron chi connectivity index (χ1n) is 9.47. The van der Waals surface area contributed by atoms with E-state index >= 15 is 0 Å². The molecule has 0 fully saturated rings. The number of anilines is 1. The number of rotatable bonds is 7. The molecule has 0 saturated heterocycles. The minimum atomic E-state index is -0.197. The second kappa shape index (κ2) is 9.70. The molecule has 160 valence electrons. The van der Waals surface area contributed by atoms with Crippen LogP contribution in [0.4, 0.5) is 5.00 Å². The second-order valence-corrected chi connectivity index (χ2v) is 9.44. The van der Waals surface area contributed by atoms with Gasteiger partial charge >= 0.3 is 0 Å². The molecule has 3 heterocycles. The molecular weight excluding hydrogens is 456 g/mol. The van der Waals surface area contributed by atoms with Crippen LogP contribution in [0.5, 0.6) is 5.75 Å². The normalized spacial score (nSPS) is 13.5. The maximum Gasteiger partial charge on any atom is 0.235 e. The molecular formula is C20H19ClN6O2S2. The van der Waals surface area contributed by atoms with Crippen LogP contribution >= 0.6 is 34.7 Å². The van der Waals surface area contributed by atoms with E-state index in [-0.39, 0.29) is 18.3 Å². The Balaban J connectivity index is 1.30. The van der Waals surface area contributed by atoms with Crippen molar-refractivity contribution < 1.29 is 9.53 Å². The number of hydrogen-bond acceptors (Lipinski definition) is 8. The van der Waals surface area contributed by atoms with Crippen LogP contribution in [0.3, 0.4) is 0 Å². The Morgan fingerprint density at radius 1 is 1.45 bits per heavy atom. The fraction of sp³-hybridized carbons (Fsp3) is 0.300. The highest BCUT2D eigenvalue weighted by atomic mass is 35.5. The largest absolute Gasteiger partial charge is 0.486 e. The number of thiophene rings is 1. The summed E-state index contributed by atoms with van der Waals surface area (Å²) in [4.78, 5) is 20.1. The molecule has 1 aliphatic heterocycles. The number of carbonyl (C=O) groups excluding carboxylic acids is 1. The third kappa shape index (κ3) is 5.37. The van der Waals surface area contributed by atoms with E-state index in [0.29, 0.717) is 32.3 Å². The third-order valence-electron chi connectivity index (χ3n) is 4.65. The number of hydrogen-bond donors (Lipinski definition) is 2. The number of nitriles is 1. The van der Waals surface area contributed by atoms with Gasteiger partial charge in [0.15, 0.2) is 5.82 Å². The zero-order chi connectivity index (χ0) is 21.8. The smallest absolute Gasteiger partial charge is 0.235 e. The van der Waals surface area contributed by atoms with Gasteiger partial charge in [0.25, 0.3) is 0 Å². The molecule has 3 aromatic rings. The molecule has 4 rings (SSSR count). The number of thioether (sulfide) groups is 1. The number of amides is 1. The van der Waals surface area contributed by atoms with Gasteiger partial charge in [0, 0.05) is 23.0 Å². The van der Waals surface area contributed by atoms with Crippen molar-refractivity contribution in [2.24, 2.45) is 0 Å². The van der Waals surface area contributed by atoms with Gasteiger partial charge in [0.2, 0.25) is 11.1 Å². The summed E-state index contributed by atoms with van der Waals surface area (Å²) >= 11 is 8.55. The number of H-pyrrole nitrogens is 1. The summed E-state index contributed by atoms with van der Waals surface area (Å²) in [5.74, 6) is 1.17. The van der Waals surface area contributed by atoms with Gasteiger partial charge in [0.05, 0.1) is 11.3 Å². The number of halogens is 1. The van der Waals surface area contributed by atoms with Crippen LogP contribution in [-0.2, 0) is 24.4 Å². The molecule has 1 aliphatic rings. The van der Waals surface area contributed by atoms with E-state index in [1.165, 1.54) is 23.1 Å². The number of fused-ring (bicyclic) bond motifs is 1. The molecule has 2 aromatic heterocycles. The SMILES string of the molecule is CN1CCc2c(sc(NC(=O)CSc3n[nH]c(COc4ccc(Cl)cc4)n3)c2C#N)C1. The van der Waals surface area contributed by atoms with Gasteiger partial charge in [-0.1, -0.05) is 23.4 Å². The zero-order valence-electron chi connectivity index (χ0n) is 16.6. The van der Waals surface area contributed by atoms with Crippen LogP contribution in [0.2, 0.25) is 5.02 Å². The van der Waals surface area contributed by atoms with Crippen molar-refractivity contribution in [3.63, 3.8) is 0 Å². The van der Waals surface area contributed by atoms with Crippen molar-refractivity contribution in [1.82, 2.24) is 20.1 Å².